The number of hydrogen-bond donors (Lipinski definition) is 3. The Balaban J connectivity index is 1.62. The number of methoxy groups -OCH3 is 1. The van der Waals surface area contributed by atoms with Gasteiger partial charge in [0.1, 0.15) is 12.4 Å². The van der Waals surface area contributed by atoms with E-state index in [1.807, 2.05) is 18.2 Å². The van der Waals surface area contributed by atoms with Gasteiger partial charge < -0.3 is 30.6 Å². The van der Waals surface area contributed by atoms with Gasteiger partial charge in [-0.05, 0) is 60.5 Å². The van der Waals surface area contributed by atoms with Crippen LogP contribution in [0.4, 0.5) is 0 Å². The van der Waals surface area contributed by atoms with Crippen LogP contribution >= 0.6 is 12.2 Å². The third-order valence-corrected chi connectivity index (χ3v) is 5.73. The lowest BCUT2D eigenvalue weighted by atomic mass is 10.1. The van der Waals surface area contributed by atoms with Crippen LogP contribution in [-0.4, -0.2) is 38.5 Å². The first-order valence-electron chi connectivity index (χ1n) is 12.4. The van der Waals surface area contributed by atoms with Crippen molar-refractivity contribution in [1.82, 2.24) is 10.6 Å². The highest BCUT2D eigenvalue weighted by Crippen LogP contribution is 2.27. The fourth-order valence-electron chi connectivity index (χ4n) is 3.50. The summed E-state index contributed by atoms with van der Waals surface area (Å²) in [5.74, 6) is 2.32. The van der Waals surface area contributed by atoms with E-state index >= 15 is 0 Å². The third kappa shape index (κ3) is 11.1. The summed E-state index contributed by atoms with van der Waals surface area (Å²) in [4.78, 5) is 0. The van der Waals surface area contributed by atoms with Gasteiger partial charge in [0, 0.05) is 19.6 Å². The molecule has 7 heteroatoms. The number of unbranched alkanes of at least 4 members (excludes halogenated alkanes) is 5. The summed E-state index contributed by atoms with van der Waals surface area (Å²) >= 11 is 5.41. The molecule has 0 aliphatic carbocycles. The van der Waals surface area contributed by atoms with Crippen molar-refractivity contribution in [3.8, 4) is 17.2 Å². The molecule has 0 fully saturated rings. The van der Waals surface area contributed by atoms with E-state index in [0.717, 1.165) is 37.3 Å². The van der Waals surface area contributed by atoms with Gasteiger partial charge in [-0.1, -0.05) is 57.2 Å². The van der Waals surface area contributed by atoms with Gasteiger partial charge in [-0.2, -0.15) is 0 Å². The number of hydrogen-bond acceptors (Lipinski definition) is 5. The van der Waals surface area contributed by atoms with Crippen LogP contribution in [0.25, 0.3) is 0 Å². The SMILES string of the molecule is CCCCCCCCOc1ccc(CCNC(=S)NCc2ccc(OCCN)c(OC)c2)cc1. The summed E-state index contributed by atoms with van der Waals surface area (Å²) in [6.45, 7) is 5.32. The Kier molecular flexibility index (Phi) is 13.9. The van der Waals surface area contributed by atoms with E-state index in [-0.39, 0.29) is 0 Å². The van der Waals surface area contributed by atoms with Gasteiger partial charge in [0.25, 0.3) is 0 Å². The lowest BCUT2D eigenvalue weighted by Crippen LogP contribution is -2.35. The molecule has 0 saturated heterocycles. The molecule has 0 amide bonds. The third-order valence-electron chi connectivity index (χ3n) is 5.45. The molecule has 4 N–H and O–H groups in total. The Labute approximate surface area is 210 Å². The van der Waals surface area contributed by atoms with E-state index in [4.69, 9.17) is 32.2 Å². The molecule has 0 aliphatic heterocycles. The number of rotatable bonds is 17. The van der Waals surface area contributed by atoms with Gasteiger partial charge in [0.15, 0.2) is 16.6 Å². The maximum atomic E-state index is 5.86. The van der Waals surface area contributed by atoms with Crippen molar-refractivity contribution < 1.29 is 14.2 Å². The number of benzene rings is 2. The molecule has 6 nitrogen and oxygen atoms in total. The molecule has 0 atom stereocenters. The van der Waals surface area contributed by atoms with Crippen molar-refractivity contribution in [3.63, 3.8) is 0 Å². The zero-order chi connectivity index (χ0) is 24.4. The second-order valence-corrected chi connectivity index (χ2v) is 8.65. The van der Waals surface area contributed by atoms with Crippen LogP contribution in [0.2, 0.25) is 0 Å². The van der Waals surface area contributed by atoms with Gasteiger partial charge in [-0.15, -0.1) is 0 Å². The first-order valence-corrected chi connectivity index (χ1v) is 12.8. The molecule has 2 aromatic carbocycles. The standard InChI is InChI=1S/C27H41N3O3S/c1-3-4-5-6-7-8-18-32-24-12-9-22(10-13-24)15-17-29-27(34)30-21-23-11-14-25(33-19-16-28)26(20-23)31-2/h9-14,20H,3-8,15-19,21,28H2,1-2H3,(H2,29,30,34). The summed E-state index contributed by atoms with van der Waals surface area (Å²) in [5, 5.41) is 7.13. The van der Waals surface area contributed by atoms with E-state index in [2.05, 4.69) is 41.8 Å². The molecule has 2 aromatic rings. The summed E-state index contributed by atoms with van der Waals surface area (Å²) < 4.78 is 16.8. The molecule has 0 unspecified atom stereocenters. The van der Waals surface area contributed by atoms with E-state index in [1.54, 1.807) is 7.11 Å². The van der Waals surface area contributed by atoms with Crippen LogP contribution in [0.15, 0.2) is 42.5 Å². The molecule has 188 valence electrons. The molecule has 0 heterocycles. The highest BCUT2D eigenvalue weighted by molar-refractivity contribution is 7.80. The lowest BCUT2D eigenvalue weighted by molar-refractivity contribution is 0.302. The summed E-state index contributed by atoms with van der Waals surface area (Å²) in [6.07, 6.45) is 8.54. The van der Waals surface area contributed by atoms with E-state index < -0.39 is 0 Å². The molecule has 0 aliphatic rings. The van der Waals surface area contributed by atoms with Crippen LogP contribution in [0.5, 0.6) is 17.2 Å². The van der Waals surface area contributed by atoms with Crippen LogP contribution in [0.3, 0.4) is 0 Å². The normalized spacial score (nSPS) is 10.6. The number of nitrogens with one attached hydrogen (secondary N) is 2. The highest BCUT2D eigenvalue weighted by Gasteiger charge is 2.06. The number of thiocarbonyl (C=S) groups is 1. The molecule has 2 rings (SSSR count). The molecular weight excluding hydrogens is 446 g/mol. The van der Waals surface area contributed by atoms with Crippen LogP contribution in [0.1, 0.15) is 56.6 Å². The van der Waals surface area contributed by atoms with Crippen molar-refractivity contribution in [1.29, 1.82) is 0 Å². The quantitative estimate of drug-likeness (QED) is 0.215. The molecule has 0 bridgehead atoms. The molecular formula is C27H41N3O3S. The Bertz CT molecular complexity index is 830. The van der Waals surface area contributed by atoms with Crippen molar-refractivity contribution in [2.45, 2.75) is 58.4 Å². The minimum absolute atomic E-state index is 0.455. The van der Waals surface area contributed by atoms with Crippen molar-refractivity contribution in [3.05, 3.63) is 53.6 Å². The summed E-state index contributed by atoms with van der Waals surface area (Å²) in [7, 11) is 1.63. The van der Waals surface area contributed by atoms with E-state index in [0.29, 0.717) is 36.3 Å². The molecule has 0 saturated carbocycles. The minimum Gasteiger partial charge on any atom is -0.494 e. The fourth-order valence-corrected chi connectivity index (χ4v) is 3.67. The number of nitrogens with two attached hydrogens (primary N) is 1. The van der Waals surface area contributed by atoms with Gasteiger partial charge in [0.2, 0.25) is 0 Å². The van der Waals surface area contributed by atoms with Gasteiger partial charge in [-0.25, -0.2) is 0 Å². The van der Waals surface area contributed by atoms with Crippen LogP contribution in [-0.2, 0) is 13.0 Å². The molecule has 0 aromatic heterocycles. The Morgan fingerprint density at radius 1 is 0.853 bits per heavy atom. The average Bonchev–Trinajstić information content (AvgIpc) is 2.86. The van der Waals surface area contributed by atoms with Crippen molar-refractivity contribution in [2.75, 3.05) is 33.4 Å². The molecule has 0 spiro atoms. The predicted octanol–water partition coefficient (Wildman–Crippen LogP) is 4.98. The predicted molar refractivity (Wildman–Crippen MR) is 144 cm³/mol. The maximum absolute atomic E-state index is 5.86. The summed E-state index contributed by atoms with van der Waals surface area (Å²) in [6, 6.07) is 14.2. The lowest BCUT2D eigenvalue weighted by Gasteiger charge is -2.14. The van der Waals surface area contributed by atoms with Crippen molar-refractivity contribution in [2.24, 2.45) is 5.73 Å². The zero-order valence-electron chi connectivity index (χ0n) is 20.7. The van der Waals surface area contributed by atoms with Crippen LogP contribution < -0.4 is 30.6 Å². The maximum Gasteiger partial charge on any atom is 0.166 e. The summed E-state index contributed by atoms with van der Waals surface area (Å²) in [5.41, 5.74) is 7.80. The Morgan fingerprint density at radius 2 is 1.59 bits per heavy atom. The van der Waals surface area contributed by atoms with Crippen molar-refractivity contribution >= 4 is 17.3 Å². The molecule has 34 heavy (non-hydrogen) atoms. The fraction of sp³-hybridized carbons (Fsp3) is 0.519. The minimum atomic E-state index is 0.455. The topological polar surface area (TPSA) is 77.8 Å². The average molecular weight is 488 g/mol. The highest BCUT2D eigenvalue weighted by atomic mass is 32.1. The van der Waals surface area contributed by atoms with Crippen LogP contribution in [0, 0.1) is 0 Å². The number of ether oxygens (including phenoxy) is 3. The van der Waals surface area contributed by atoms with Gasteiger partial charge in [-0.3, -0.25) is 0 Å². The van der Waals surface area contributed by atoms with Gasteiger partial charge >= 0.3 is 0 Å². The first-order chi connectivity index (χ1) is 16.7. The van der Waals surface area contributed by atoms with E-state index in [9.17, 15) is 0 Å². The van der Waals surface area contributed by atoms with E-state index in [1.165, 1.54) is 37.7 Å². The smallest absolute Gasteiger partial charge is 0.166 e. The Hall–Kier alpha value is -2.51. The van der Waals surface area contributed by atoms with Gasteiger partial charge in [0.05, 0.1) is 13.7 Å². The largest absolute Gasteiger partial charge is 0.494 e. The first kappa shape index (κ1) is 27.7. The second-order valence-electron chi connectivity index (χ2n) is 8.24. The molecule has 0 radical (unpaired) electrons. The zero-order valence-corrected chi connectivity index (χ0v) is 21.6. The monoisotopic (exact) mass is 487 g/mol. The second kappa shape index (κ2) is 17.0. The Morgan fingerprint density at radius 3 is 2.32 bits per heavy atom.